The van der Waals surface area contributed by atoms with Crippen LogP contribution in [-0.2, 0) is 6.42 Å². The van der Waals surface area contributed by atoms with Gasteiger partial charge in [0.25, 0.3) is 0 Å². The summed E-state index contributed by atoms with van der Waals surface area (Å²) in [4.78, 5) is 7.48. The van der Waals surface area contributed by atoms with E-state index in [0.717, 1.165) is 28.7 Å². The molecule has 36 heavy (non-hydrogen) atoms. The molecule has 0 aliphatic carbocycles. The molecule has 192 valence electrons. The highest BCUT2D eigenvalue weighted by Gasteiger charge is 2.41. The van der Waals surface area contributed by atoms with E-state index in [-0.39, 0.29) is 30.0 Å². The third-order valence-electron chi connectivity index (χ3n) is 7.23. The van der Waals surface area contributed by atoms with Gasteiger partial charge in [-0.05, 0) is 45.7 Å². The first-order valence-electron chi connectivity index (χ1n) is 12.7. The number of alkyl halides is 1. The summed E-state index contributed by atoms with van der Waals surface area (Å²) in [6.07, 6.45) is 4.63. The van der Waals surface area contributed by atoms with Crippen LogP contribution in [0.4, 0.5) is 13.2 Å². The molecule has 1 aromatic heterocycles. The number of halogens is 3. The molecule has 0 unspecified atom stereocenters. The molecule has 1 fully saturated rings. The van der Waals surface area contributed by atoms with Gasteiger partial charge in [0.1, 0.15) is 29.2 Å². The number of fused-ring (bicyclic) bond motifs is 3. The van der Waals surface area contributed by atoms with Crippen LogP contribution in [0.2, 0.25) is 0 Å². The summed E-state index contributed by atoms with van der Waals surface area (Å²) >= 11 is 0. The Morgan fingerprint density at radius 3 is 2.50 bits per heavy atom. The molecule has 2 atom stereocenters. The minimum absolute atomic E-state index is 0.0505. The Hall–Kier alpha value is -2.77. The van der Waals surface area contributed by atoms with Crippen LogP contribution in [0.3, 0.4) is 0 Å². The summed E-state index contributed by atoms with van der Waals surface area (Å²) < 4.78 is 52.2. The van der Waals surface area contributed by atoms with Crippen molar-refractivity contribution in [2.24, 2.45) is 0 Å². The van der Waals surface area contributed by atoms with Gasteiger partial charge in [0.15, 0.2) is 0 Å². The number of benzene rings is 2. The molecule has 2 aromatic carbocycles. The summed E-state index contributed by atoms with van der Waals surface area (Å²) in [5, 5.41) is 1.04. The SMILES string of the molecule is C/C=C/CN1CC(Oc2cc(F)c([C@@H]3c4[nH]c5ccccc5c4C[C@@H](C)N3CC(C)(C)F)c(F)c2)C1. The van der Waals surface area contributed by atoms with Crippen LogP contribution in [0.5, 0.6) is 5.75 Å². The molecular formula is C29H34F3N3O. The molecule has 4 nitrogen and oxygen atoms in total. The Morgan fingerprint density at radius 1 is 1.14 bits per heavy atom. The van der Waals surface area contributed by atoms with Crippen molar-refractivity contribution in [3.63, 3.8) is 0 Å². The maximum absolute atomic E-state index is 15.7. The zero-order chi connectivity index (χ0) is 25.6. The molecule has 0 saturated carbocycles. The van der Waals surface area contributed by atoms with Gasteiger partial charge in [-0.2, -0.15) is 0 Å². The molecule has 2 aliphatic rings. The Kier molecular flexibility index (Phi) is 6.64. The number of H-pyrrole nitrogens is 1. The van der Waals surface area contributed by atoms with Gasteiger partial charge in [0, 0.05) is 66.5 Å². The second kappa shape index (κ2) is 9.60. The Balaban J connectivity index is 1.51. The second-order valence-corrected chi connectivity index (χ2v) is 10.7. The van der Waals surface area contributed by atoms with Crippen LogP contribution in [0.15, 0.2) is 48.6 Å². The lowest BCUT2D eigenvalue weighted by atomic mass is 9.87. The van der Waals surface area contributed by atoms with Gasteiger partial charge in [-0.25, -0.2) is 13.2 Å². The lowest BCUT2D eigenvalue weighted by Gasteiger charge is -2.43. The number of allylic oxidation sites excluding steroid dienone is 1. The molecular weight excluding hydrogens is 463 g/mol. The van der Waals surface area contributed by atoms with Crippen molar-refractivity contribution in [2.75, 3.05) is 26.2 Å². The van der Waals surface area contributed by atoms with Crippen molar-refractivity contribution >= 4 is 10.9 Å². The molecule has 1 saturated heterocycles. The molecule has 3 heterocycles. The molecule has 5 rings (SSSR count). The van der Waals surface area contributed by atoms with Gasteiger partial charge < -0.3 is 9.72 Å². The maximum Gasteiger partial charge on any atom is 0.135 e. The predicted octanol–water partition coefficient (Wildman–Crippen LogP) is 6.17. The molecule has 0 spiro atoms. The van der Waals surface area contributed by atoms with Crippen LogP contribution >= 0.6 is 0 Å². The molecule has 7 heteroatoms. The number of para-hydroxylation sites is 1. The first-order chi connectivity index (χ1) is 17.1. The van der Waals surface area contributed by atoms with Gasteiger partial charge >= 0.3 is 0 Å². The van der Waals surface area contributed by atoms with Gasteiger partial charge in [0.05, 0.1) is 6.04 Å². The van der Waals surface area contributed by atoms with E-state index in [0.29, 0.717) is 19.5 Å². The van der Waals surface area contributed by atoms with Gasteiger partial charge in [-0.15, -0.1) is 0 Å². The number of nitrogens with one attached hydrogen (secondary N) is 1. The monoisotopic (exact) mass is 497 g/mol. The van der Waals surface area contributed by atoms with Crippen molar-refractivity contribution in [2.45, 2.75) is 58.0 Å². The lowest BCUT2D eigenvalue weighted by Crippen LogP contribution is -2.53. The first kappa shape index (κ1) is 24.9. The Bertz CT molecular complexity index is 1250. The molecule has 0 amide bonds. The zero-order valence-electron chi connectivity index (χ0n) is 21.3. The van der Waals surface area contributed by atoms with Crippen LogP contribution in [0.25, 0.3) is 10.9 Å². The average molecular weight is 498 g/mol. The van der Waals surface area contributed by atoms with Crippen LogP contribution in [-0.4, -0.2) is 58.8 Å². The number of rotatable bonds is 7. The number of hydrogen-bond acceptors (Lipinski definition) is 3. The highest BCUT2D eigenvalue weighted by Crippen LogP contribution is 2.43. The average Bonchev–Trinajstić information content (AvgIpc) is 3.14. The first-order valence-corrected chi connectivity index (χ1v) is 12.7. The zero-order valence-corrected chi connectivity index (χ0v) is 21.3. The number of nitrogens with zero attached hydrogens (tertiary/aromatic N) is 2. The maximum atomic E-state index is 15.7. The van der Waals surface area contributed by atoms with Gasteiger partial charge in [0.2, 0.25) is 0 Å². The lowest BCUT2D eigenvalue weighted by molar-refractivity contribution is 0.0276. The fourth-order valence-electron chi connectivity index (χ4n) is 5.58. The van der Waals surface area contributed by atoms with Crippen molar-refractivity contribution in [3.8, 4) is 5.75 Å². The van der Waals surface area contributed by atoms with Gasteiger partial charge in [-0.3, -0.25) is 9.80 Å². The fourth-order valence-corrected chi connectivity index (χ4v) is 5.58. The number of hydrogen-bond donors (Lipinski definition) is 1. The quantitative estimate of drug-likeness (QED) is 0.396. The largest absolute Gasteiger partial charge is 0.488 e. The second-order valence-electron chi connectivity index (χ2n) is 10.7. The standard InChI is InChI=1S/C29H34F3N3O/c1-5-6-11-34-15-20(16-34)36-19-13-23(30)26(24(31)14-19)28-27-22(21-9-7-8-10-25(21)33-27)12-18(2)35(28)17-29(3,4)32/h5-10,13-14,18,20,28,33H,11-12,15-17H2,1-4H3/b6-5+/t18-,28-/m1/s1. The third kappa shape index (κ3) is 4.78. The summed E-state index contributed by atoms with van der Waals surface area (Å²) in [6.45, 7) is 9.29. The fraction of sp³-hybridized carbons (Fsp3) is 0.448. The van der Waals surface area contributed by atoms with Crippen LogP contribution < -0.4 is 4.74 Å². The van der Waals surface area contributed by atoms with Crippen LogP contribution in [0.1, 0.15) is 50.6 Å². The molecule has 1 N–H and O–H groups in total. The van der Waals surface area contributed by atoms with Crippen molar-refractivity contribution in [3.05, 3.63) is 77.0 Å². The highest BCUT2D eigenvalue weighted by molar-refractivity contribution is 5.85. The van der Waals surface area contributed by atoms with E-state index in [1.165, 1.54) is 26.0 Å². The van der Waals surface area contributed by atoms with Crippen molar-refractivity contribution < 1.29 is 17.9 Å². The highest BCUT2D eigenvalue weighted by atomic mass is 19.1. The Labute approximate surface area is 210 Å². The Morgan fingerprint density at radius 2 is 1.83 bits per heavy atom. The van der Waals surface area contributed by atoms with E-state index in [1.807, 2.05) is 49.1 Å². The normalized spacial score (nSPS) is 21.8. The summed E-state index contributed by atoms with van der Waals surface area (Å²) in [6, 6.07) is 9.52. The summed E-state index contributed by atoms with van der Waals surface area (Å²) in [5.74, 6) is -1.18. The topological polar surface area (TPSA) is 31.5 Å². The van der Waals surface area contributed by atoms with E-state index in [4.69, 9.17) is 4.74 Å². The number of likely N-dealkylation sites (tertiary alicyclic amines) is 1. The molecule has 0 radical (unpaired) electrons. The van der Waals surface area contributed by atoms with E-state index >= 15 is 8.78 Å². The number of aromatic nitrogens is 1. The van der Waals surface area contributed by atoms with Crippen molar-refractivity contribution in [1.29, 1.82) is 0 Å². The third-order valence-corrected chi connectivity index (χ3v) is 7.23. The summed E-state index contributed by atoms with van der Waals surface area (Å²) in [5.41, 5.74) is 1.06. The van der Waals surface area contributed by atoms with Gasteiger partial charge in [-0.1, -0.05) is 30.4 Å². The van der Waals surface area contributed by atoms with Crippen LogP contribution in [0, 0.1) is 11.6 Å². The smallest absolute Gasteiger partial charge is 0.135 e. The van der Waals surface area contributed by atoms with E-state index in [9.17, 15) is 4.39 Å². The van der Waals surface area contributed by atoms with E-state index < -0.39 is 23.3 Å². The minimum atomic E-state index is -1.53. The molecule has 3 aromatic rings. The van der Waals surface area contributed by atoms with E-state index in [1.54, 1.807) is 0 Å². The molecule has 0 bridgehead atoms. The number of aromatic amines is 1. The molecule has 2 aliphatic heterocycles. The predicted molar refractivity (Wildman–Crippen MR) is 137 cm³/mol. The van der Waals surface area contributed by atoms with Crippen molar-refractivity contribution in [1.82, 2.24) is 14.8 Å². The van der Waals surface area contributed by atoms with E-state index in [2.05, 4.69) is 16.0 Å². The summed E-state index contributed by atoms with van der Waals surface area (Å²) in [7, 11) is 0. The minimum Gasteiger partial charge on any atom is -0.488 e. The number of ether oxygens (including phenoxy) is 1.